The molecule has 0 unspecified atom stereocenters. The third-order valence-electron chi connectivity index (χ3n) is 5.40. The molecular weight excluding hydrogens is 458 g/mol. The van der Waals surface area contributed by atoms with Crippen molar-refractivity contribution in [2.45, 2.75) is 6.18 Å². The summed E-state index contributed by atoms with van der Waals surface area (Å²) in [7, 11) is 1.51. The number of hydrogen-bond acceptors (Lipinski definition) is 5. The van der Waals surface area contributed by atoms with Crippen LogP contribution in [0.1, 0.15) is 26.5 Å². The molecule has 2 aromatic carbocycles. The maximum absolute atomic E-state index is 13.8. The van der Waals surface area contributed by atoms with E-state index in [1.807, 2.05) is 0 Å². The third-order valence-corrected chi connectivity index (χ3v) is 5.40. The van der Waals surface area contributed by atoms with Crippen LogP contribution in [0.2, 0.25) is 0 Å². The lowest BCUT2D eigenvalue weighted by Gasteiger charge is -2.34. The first-order valence-corrected chi connectivity index (χ1v) is 10.2. The molecule has 0 radical (unpaired) electrons. The van der Waals surface area contributed by atoms with Crippen LogP contribution < -0.4 is 4.74 Å². The number of halogens is 4. The number of nitrogens with zero attached hydrogens (tertiary/aromatic N) is 5. The highest BCUT2D eigenvalue weighted by Gasteiger charge is 2.43. The zero-order valence-electron chi connectivity index (χ0n) is 17.9. The highest BCUT2D eigenvalue weighted by molar-refractivity contribution is 5.95. The first kappa shape index (κ1) is 23.2. The quantitative estimate of drug-likeness (QED) is 0.540. The van der Waals surface area contributed by atoms with Crippen LogP contribution in [-0.2, 0) is 6.18 Å². The second-order valence-corrected chi connectivity index (χ2v) is 7.49. The molecule has 8 nitrogen and oxygen atoms in total. The van der Waals surface area contributed by atoms with Crippen LogP contribution in [0.5, 0.6) is 5.75 Å². The van der Waals surface area contributed by atoms with Gasteiger partial charge < -0.3 is 14.5 Å². The van der Waals surface area contributed by atoms with Crippen LogP contribution >= 0.6 is 0 Å². The van der Waals surface area contributed by atoms with E-state index in [0.717, 1.165) is 24.3 Å². The standard InChI is InChI=1S/C22H19F4N5O3/c1-34-17-8-2-14(3-9-17)20(32)29-10-12-30(13-11-29)21(33)18-19(22(24,25)26)31(28-27-18)16-6-4-15(23)5-7-16/h2-9H,10-13H2,1H3. The van der Waals surface area contributed by atoms with Crippen molar-refractivity contribution >= 4 is 11.8 Å². The first-order chi connectivity index (χ1) is 16.2. The molecule has 1 saturated heterocycles. The minimum absolute atomic E-state index is 0.0292. The zero-order valence-corrected chi connectivity index (χ0v) is 17.9. The van der Waals surface area contributed by atoms with Gasteiger partial charge in [-0.15, -0.1) is 5.10 Å². The van der Waals surface area contributed by atoms with Crippen LogP contribution in [0.25, 0.3) is 5.69 Å². The second-order valence-electron chi connectivity index (χ2n) is 7.49. The molecule has 0 spiro atoms. The van der Waals surface area contributed by atoms with E-state index in [4.69, 9.17) is 4.74 Å². The molecule has 0 N–H and O–H groups in total. The van der Waals surface area contributed by atoms with E-state index >= 15 is 0 Å². The number of rotatable bonds is 4. The Balaban J connectivity index is 1.50. The minimum Gasteiger partial charge on any atom is -0.497 e. The summed E-state index contributed by atoms with van der Waals surface area (Å²) in [5.74, 6) is -1.23. The van der Waals surface area contributed by atoms with E-state index in [2.05, 4.69) is 10.3 Å². The van der Waals surface area contributed by atoms with Crippen molar-refractivity contribution in [1.29, 1.82) is 0 Å². The van der Waals surface area contributed by atoms with E-state index in [-0.39, 0.29) is 37.8 Å². The van der Waals surface area contributed by atoms with Gasteiger partial charge in [-0.2, -0.15) is 13.2 Å². The average Bonchev–Trinajstić information content (AvgIpc) is 3.30. The molecule has 4 rings (SSSR count). The number of piperazine rings is 1. The first-order valence-electron chi connectivity index (χ1n) is 10.2. The lowest BCUT2D eigenvalue weighted by molar-refractivity contribution is -0.143. The SMILES string of the molecule is COc1ccc(C(=O)N2CCN(C(=O)c3nnn(-c4ccc(F)cc4)c3C(F)(F)F)CC2)cc1. The van der Waals surface area contributed by atoms with E-state index in [1.54, 1.807) is 24.3 Å². The summed E-state index contributed by atoms with van der Waals surface area (Å²) in [6, 6.07) is 10.7. The lowest BCUT2D eigenvalue weighted by atomic mass is 10.1. The summed E-state index contributed by atoms with van der Waals surface area (Å²) < 4.78 is 60.2. The zero-order chi connectivity index (χ0) is 24.5. The third kappa shape index (κ3) is 4.56. The second kappa shape index (κ2) is 9.12. The number of carbonyl (C=O) groups excluding carboxylic acids is 2. The smallest absolute Gasteiger partial charge is 0.435 e. The maximum atomic E-state index is 13.8. The molecule has 1 aliphatic heterocycles. The maximum Gasteiger partial charge on any atom is 0.435 e. The van der Waals surface area contributed by atoms with Crippen molar-refractivity contribution in [3.63, 3.8) is 0 Å². The van der Waals surface area contributed by atoms with Gasteiger partial charge in [0.2, 0.25) is 0 Å². The van der Waals surface area contributed by atoms with Gasteiger partial charge in [0.05, 0.1) is 12.8 Å². The molecule has 34 heavy (non-hydrogen) atoms. The van der Waals surface area contributed by atoms with Gasteiger partial charge >= 0.3 is 6.18 Å². The Morgan fingerprint density at radius 1 is 0.882 bits per heavy atom. The fourth-order valence-corrected chi connectivity index (χ4v) is 3.62. The molecule has 2 amide bonds. The van der Waals surface area contributed by atoms with Gasteiger partial charge in [-0.1, -0.05) is 5.21 Å². The largest absolute Gasteiger partial charge is 0.497 e. The fourth-order valence-electron chi connectivity index (χ4n) is 3.62. The Morgan fingerprint density at radius 3 is 1.97 bits per heavy atom. The van der Waals surface area contributed by atoms with Crippen molar-refractivity contribution in [3.05, 3.63) is 71.3 Å². The Bertz CT molecular complexity index is 1180. The Kier molecular flexibility index (Phi) is 6.22. The summed E-state index contributed by atoms with van der Waals surface area (Å²) in [4.78, 5) is 28.3. The van der Waals surface area contributed by atoms with Crippen molar-refractivity contribution in [1.82, 2.24) is 24.8 Å². The van der Waals surface area contributed by atoms with E-state index in [0.29, 0.717) is 16.0 Å². The molecule has 12 heteroatoms. The van der Waals surface area contributed by atoms with Gasteiger partial charge in [0, 0.05) is 31.7 Å². The molecular formula is C22H19F4N5O3. The lowest BCUT2D eigenvalue weighted by Crippen LogP contribution is -2.51. The van der Waals surface area contributed by atoms with Gasteiger partial charge in [-0.3, -0.25) is 9.59 Å². The Morgan fingerprint density at radius 2 is 1.44 bits per heavy atom. The van der Waals surface area contributed by atoms with Gasteiger partial charge in [0.1, 0.15) is 11.6 Å². The predicted molar refractivity (Wildman–Crippen MR) is 111 cm³/mol. The van der Waals surface area contributed by atoms with Crippen LogP contribution in [0, 0.1) is 5.82 Å². The van der Waals surface area contributed by atoms with Crippen molar-refractivity contribution < 1.29 is 31.9 Å². The van der Waals surface area contributed by atoms with Crippen molar-refractivity contribution in [2.75, 3.05) is 33.3 Å². The average molecular weight is 477 g/mol. The van der Waals surface area contributed by atoms with Gasteiger partial charge in [0.25, 0.3) is 11.8 Å². The topological polar surface area (TPSA) is 80.6 Å². The predicted octanol–water partition coefficient (Wildman–Crippen LogP) is 3.03. The number of aromatic nitrogens is 3. The van der Waals surface area contributed by atoms with Crippen LogP contribution in [-0.4, -0.2) is 69.9 Å². The molecule has 0 saturated carbocycles. The van der Waals surface area contributed by atoms with E-state index in [9.17, 15) is 27.2 Å². The number of methoxy groups -OCH3 is 1. The van der Waals surface area contributed by atoms with Gasteiger partial charge in [-0.25, -0.2) is 9.07 Å². The van der Waals surface area contributed by atoms with E-state index in [1.165, 1.54) is 16.9 Å². The summed E-state index contributed by atoms with van der Waals surface area (Å²) in [6.45, 7) is 0.344. The molecule has 0 aliphatic carbocycles. The normalized spacial score (nSPS) is 14.3. The molecule has 1 aromatic heterocycles. The van der Waals surface area contributed by atoms with Crippen LogP contribution in [0.4, 0.5) is 17.6 Å². The number of alkyl halides is 3. The highest BCUT2D eigenvalue weighted by atomic mass is 19.4. The number of carbonyl (C=O) groups is 2. The summed E-state index contributed by atoms with van der Waals surface area (Å²) in [5.41, 5.74) is -1.86. The van der Waals surface area contributed by atoms with Crippen LogP contribution in [0.15, 0.2) is 48.5 Å². The molecule has 1 aliphatic rings. The number of hydrogen-bond donors (Lipinski definition) is 0. The van der Waals surface area contributed by atoms with E-state index < -0.39 is 29.3 Å². The molecule has 1 fully saturated rings. The van der Waals surface area contributed by atoms with Crippen molar-refractivity contribution in [2.24, 2.45) is 0 Å². The number of amides is 2. The van der Waals surface area contributed by atoms with Gasteiger partial charge in [0.15, 0.2) is 11.4 Å². The highest BCUT2D eigenvalue weighted by Crippen LogP contribution is 2.33. The molecule has 3 aromatic rings. The summed E-state index contributed by atoms with van der Waals surface area (Å²) >= 11 is 0. The molecule has 0 bridgehead atoms. The summed E-state index contributed by atoms with van der Waals surface area (Å²) in [6.07, 6.45) is -4.94. The Hall–Kier alpha value is -3.96. The Labute approximate surface area is 191 Å². The molecule has 2 heterocycles. The number of ether oxygens (including phenoxy) is 1. The monoisotopic (exact) mass is 477 g/mol. The molecule has 0 atom stereocenters. The minimum atomic E-state index is -4.94. The van der Waals surface area contributed by atoms with Crippen molar-refractivity contribution in [3.8, 4) is 11.4 Å². The van der Waals surface area contributed by atoms with Gasteiger partial charge in [-0.05, 0) is 48.5 Å². The fraction of sp³-hybridized carbons (Fsp3) is 0.273. The number of benzene rings is 2. The van der Waals surface area contributed by atoms with Crippen LogP contribution in [0.3, 0.4) is 0 Å². The molecule has 178 valence electrons. The summed E-state index contributed by atoms with van der Waals surface area (Å²) in [5, 5.41) is 6.99.